The summed E-state index contributed by atoms with van der Waals surface area (Å²) in [5, 5.41) is 2.68. The third-order valence-electron chi connectivity index (χ3n) is 3.39. The molecule has 0 saturated heterocycles. The fourth-order valence-electron chi connectivity index (χ4n) is 2.32. The van der Waals surface area contributed by atoms with E-state index >= 15 is 0 Å². The van der Waals surface area contributed by atoms with Crippen molar-refractivity contribution in [2.24, 2.45) is 0 Å². The van der Waals surface area contributed by atoms with Gasteiger partial charge in [-0.1, -0.05) is 12.1 Å². The highest BCUT2D eigenvalue weighted by Gasteiger charge is 2.29. The normalized spacial score (nSPS) is 15.0. The van der Waals surface area contributed by atoms with Crippen LogP contribution in [0.25, 0.3) is 0 Å². The third kappa shape index (κ3) is 2.55. The zero-order valence-corrected chi connectivity index (χ0v) is 12.3. The van der Waals surface area contributed by atoms with Gasteiger partial charge in [-0.05, 0) is 36.4 Å². The molecule has 2 aromatic carbocycles. The predicted molar refractivity (Wildman–Crippen MR) is 80.6 cm³/mol. The highest BCUT2D eigenvalue weighted by Crippen LogP contribution is 2.32. The number of para-hydroxylation sites is 2. The largest absolute Gasteiger partial charge is 0.324 e. The molecule has 0 spiro atoms. The zero-order valence-electron chi connectivity index (χ0n) is 11.5. The van der Waals surface area contributed by atoms with Crippen molar-refractivity contribution < 1.29 is 17.6 Å². The van der Waals surface area contributed by atoms with E-state index in [9.17, 15) is 17.6 Å². The Hall–Kier alpha value is -2.41. The molecule has 114 valence electrons. The average molecular weight is 320 g/mol. The van der Waals surface area contributed by atoms with Crippen LogP contribution in [0.4, 0.5) is 15.8 Å². The molecule has 2 aromatic rings. The van der Waals surface area contributed by atoms with Gasteiger partial charge in [-0.15, -0.1) is 0 Å². The summed E-state index contributed by atoms with van der Waals surface area (Å²) in [7, 11) is -3.86. The van der Waals surface area contributed by atoms with Gasteiger partial charge in [0.05, 0.1) is 16.3 Å². The van der Waals surface area contributed by atoms with Crippen molar-refractivity contribution in [3.05, 3.63) is 54.3 Å². The van der Waals surface area contributed by atoms with Crippen molar-refractivity contribution in [1.29, 1.82) is 0 Å². The molecule has 0 atom stereocenters. The van der Waals surface area contributed by atoms with Gasteiger partial charge in [0.1, 0.15) is 5.82 Å². The van der Waals surface area contributed by atoms with Gasteiger partial charge >= 0.3 is 0 Å². The van der Waals surface area contributed by atoms with Crippen LogP contribution in [0.5, 0.6) is 0 Å². The van der Waals surface area contributed by atoms with Crippen molar-refractivity contribution in [3.63, 3.8) is 0 Å². The molecule has 1 heterocycles. The van der Waals surface area contributed by atoms with E-state index in [1.165, 1.54) is 16.4 Å². The van der Waals surface area contributed by atoms with Gasteiger partial charge in [0.2, 0.25) is 5.91 Å². The summed E-state index contributed by atoms with van der Waals surface area (Å²) in [6.45, 7) is 0.0303. The van der Waals surface area contributed by atoms with E-state index < -0.39 is 15.8 Å². The number of benzene rings is 2. The fraction of sp³-hybridized carbons (Fsp3) is 0.133. The molecule has 0 aromatic heterocycles. The zero-order chi connectivity index (χ0) is 15.7. The van der Waals surface area contributed by atoms with Crippen LogP contribution in [-0.4, -0.2) is 20.9 Å². The van der Waals surface area contributed by atoms with Crippen LogP contribution in [0.1, 0.15) is 6.42 Å². The number of fused-ring (bicyclic) bond motifs is 1. The van der Waals surface area contributed by atoms with Crippen molar-refractivity contribution in [1.82, 2.24) is 0 Å². The van der Waals surface area contributed by atoms with E-state index in [0.29, 0.717) is 11.4 Å². The summed E-state index contributed by atoms with van der Waals surface area (Å²) in [6.07, 6.45) is 0.0507. The van der Waals surface area contributed by atoms with Crippen LogP contribution in [-0.2, 0) is 14.8 Å². The van der Waals surface area contributed by atoms with Crippen LogP contribution >= 0.6 is 0 Å². The van der Waals surface area contributed by atoms with Gasteiger partial charge in [0.15, 0.2) is 0 Å². The SMILES string of the molecule is O=C1CCN(S(=O)(=O)c2ccc(F)cc2)c2ccccc2N1. The van der Waals surface area contributed by atoms with Crippen molar-refractivity contribution in [3.8, 4) is 0 Å². The lowest BCUT2D eigenvalue weighted by Crippen LogP contribution is -2.32. The monoisotopic (exact) mass is 320 g/mol. The van der Waals surface area contributed by atoms with E-state index in [1.807, 2.05) is 0 Å². The van der Waals surface area contributed by atoms with Gasteiger partial charge < -0.3 is 5.32 Å². The number of halogens is 1. The quantitative estimate of drug-likeness (QED) is 0.924. The summed E-state index contributed by atoms with van der Waals surface area (Å²) in [5.41, 5.74) is 0.841. The molecular weight excluding hydrogens is 307 g/mol. The Bertz CT molecular complexity index is 819. The number of nitrogens with zero attached hydrogens (tertiary/aromatic N) is 1. The van der Waals surface area contributed by atoms with E-state index in [4.69, 9.17) is 0 Å². The lowest BCUT2D eigenvalue weighted by atomic mass is 10.2. The number of nitrogens with one attached hydrogen (secondary N) is 1. The minimum atomic E-state index is -3.86. The van der Waals surface area contributed by atoms with Crippen LogP contribution in [0, 0.1) is 5.82 Å². The van der Waals surface area contributed by atoms with Crippen LogP contribution in [0.2, 0.25) is 0 Å². The summed E-state index contributed by atoms with van der Waals surface area (Å²) in [4.78, 5) is 11.7. The molecule has 3 rings (SSSR count). The number of sulfonamides is 1. The lowest BCUT2D eigenvalue weighted by molar-refractivity contribution is -0.115. The van der Waals surface area contributed by atoms with Crippen molar-refractivity contribution in [2.75, 3.05) is 16.2 Å². The molecule has 0 saturated carbocycles. The van der Waals surface area contributed by atoms with Gasteiger partial charge in [-0.3, -0.25) is 9.10 Å². The Kier molecular flexibility index (Phi) is 3.58. The van der Waals surface area contributed by atoms with E-state index in [2.05, 4.69) is 5.32 Å². The number of hydrogen-bond acceptors (Lipinski definition) is 3. The summed E-state index contributed by atoms with van der Waals surface area (Å²) in [5.74, 6) is -0.753. The first-order chi connectivity index (χ1) is 10.5. The smallest absolute Gasteiger partial charge is 0.264 e. The van der Waals surface area contributed by atoms with Gasteiger partial charge in [-0.25, -0.2) is 12.8 Å². The lowest BCUT2D eigenvalue weighted by Gasteiger charge is -2.23. The minimum absolute atomic E-state index is 0.0157. The maximum absolute atomic E-state index is 13.0. The number of rotatable bonds is 2. The second-order valence-electron chi connectivity index (χ2n) is 4.85. The Balaban J connectivity index is 2.10. The molecule has 1 aliphatic rings. The molecule has 0 fully saturated rings. The first kappa shape index (κ1) is 14.5. The highest BCUT2D eigenvalue weighted by atomic mass is 32.2. The van der Waals surface area contributed by atoms with Crippen molar-refractivity contribution in [2.45, 2.75) is 11.3 Å². The van der Waals surface area contributed by atoms with Gasteiger partial charge in [0, 0.05) is 13.0 Å². The summed E-state index contributed by atoms with van der Waals surface area (Å²) >= 11 is 0. The molecule has 22 heavy (non-hydrogen) atoms. The molecule has 1 aliphatic heterocycles. The maximum Gasteiger partial charge on any atom is 0.264 e. The molecule has 7 heteroatoms. The molecule has 0 aliphatic carbocycles. The molecule has 1 N–H and O–H groups in total. The Labute approximate surface area is 127 Å². The maximum atomic E-state index is 13.0. The van der Waals surface area contributed by atoms with Gasteiger partial charge in [0.25, 0.3) is 10.0 Å². The minimum Gasteiger partial charge on any atom is -0.324 e. The predicted octanol–water partition coefficient (Wildman–Crippen LogP) is 2.36. The standard InChI is InChI=1S/C15H13FN2O3S/c16-11-5-7-12(8-6-11)22(20,21)18-10-9-15(19)17-13-3-1-2-4-14(13)18/h1-8H,9-10H2,(H,17,19). The first-order valence-electron chi connectivity index (χ1n) is 6.66. The summed E-state index contributed by atoms with van der Waals surface area (Å²) < 4.78 is 39.8. The van der Waals surface area contributed by atoms with Crippen LogP contribution < -0.4 is 9.62 Å². The summed E-state index contributed by atoms with van der Waals surface area (Å²) in [6, 6.07) is 11.3. The number of carbonyl (C=O) groups excluding carboxylic acids is 1. The number of carbonyl (C=O) groups is 1. The Morgan fingerprint density at radius 2 is 1.73 bits per heavy atom. The topological polar surface area (TPSA) is 66.5 Å². The molecule has 0 radical (unpaired) electrons. The molecule has 1 amide bonds. The van der Waals surface area contributed by atoms with E-state index in [0.717, 1.165) is 12.1 Å². The van der Waals surface area contributed by atoms with E-state index in [1.54, 1.807) is 24.3 Å². The molecule has 5 nitrogen and oxygen atoms in total. The Morgan fingerprint density at radius 3 is 2.45 bits per heavy atom. The average Bonchev–Trinajstić information content (AvgIpc) is 2.66. The van der Waals surface area contributed by atoms with Crippen LogP contribution in [0.15, 0.2) is 53.4 Å². The fourth-order valence-corrected chi connectivity index (χ4v) is 3.80. The van der Waals surface area contributed by atoms with Crippen molar-refractivity contribution >= 4 is 27.3 Å². The second-order valence-corrected chi connectivity index (χ2v) is 6.71. The first-order valence-corrected chi connectivity index (χ1v) is 8.10. The Morgan fingerprint density at radius 1 is 1.05 bits per heavy atom. The third-order valence-corrected chi connectivity index (χ3v) is 5.22. The number of anilines is 2. The van der Waals surface area contributed by atoms with E-state index in [-0.39, 0.29) is 23.8 Å². The molecular formula is C15H13FN2O3S. The number of amides is 1. The molecule has 0 bridgehead atoms. The number of hydrogen-bond donors (Lipinski definition) is 1. The van der Waals surface area contributed by atoms with Crippen LogP contribution in [0.3, 0.4) is 0 Å². The second kappa shape index (κ2) is 5.42. The highest BCUT2D eigenvalue weighted by molar-refractivity contribution is 7.92. The molecule has 0 unspecified atom stereocenters. The van der Waals surface area contributed by atoms with Gasteiger partial charge in [-0.2, -0.15) is 0 Å².